The molecule has 8 heteroatoms. The summed E-state index contributed by atoms with van der Waals surface area (Å²) in [5, 5.41) is 38.0. The van der Waals surface area contributed by atoms with Gasteiger partial charge in [-0.2, -0.15) is 15.6 Å². The summed E-state index contributed by atoms with van der Waals surface area (Å²) in [7, 11) is 0. The normalized spacial score (nSPS) is 9.35. The fourth-order valence-corrected chi connectivity index (χ4v) is 1.38. The van der Waals surface area contributed by atoms with Crippen LogP contribution in [0.2, 0.25) is 0 Å². The highest BCUT2D eigenvalue weighted by Crippen LogP contribution is 2.30. The molecule has 2 N–H and O–H groups in total. The Morgan fingerprint density at radius 2 is 2.10 bits per heavy atom. The number of aromatic hydroxyl groups is 1. The van der Waals surface area contributed by atoms with E-state index in [0.717, 1.165) is 0 Å². The van der Waals surface area contributed by atoms with Crippen molar-refractivity contribution in [3.8, 4) is 29.3 Å². The molecule has 0 radical (unpaired) electrons. The van der Waals surface area contributed by atoms with Crippen molar-refractivity contribution in [3.05, 3.63) is 24.1 Å². The molecule has 8 nitrogen and oxygen atoms in total. The molecule has 0 unspecified atom stereocenters. The number of nitriles is 2. The molecule has 1 aromatic heterocycles. The number of nitrogens with one attached hydrogen (secondary N) is 1. The minimum absolute atomic E-state index is 0.0380. The molecule has 1 heterocycles. The Kier molecular flexibility index (Phi) is 3.59. The summed E-state index contributed by atoms with van der Waals surface area (Å²) in [4.78, 5) is 0. The highest BCUT2D eigenvalue weighted by molar-refractivity contribution is 6.10. The first kappa shape index (κ1) is 13.1. The Balaban J connectivity index is 2.33. The second kappa shape index (κ2) is 5.50. The van der Waals surface area contributed by atoms with Crippen LogP contribution in [-0.2, 0) is 0 Å². The van der Waals surface area contributed by atoms with Crippen molar-refractivity contribution in [2.75, 3.05) is 5.43 Å². The quantitative estimate of drug-likeness (QED) is 0.490. The van der Waals surface area contributed by atoms with E-state index in [2.05, 4.69) is 20.7 Å². The summed E-state index contributed by atoms with van der Waals surface area (Å²) < 4.78 is 5.22. The minimum atomic E-state index is -0.312. The Bertz CT molecular complexity index is 734. The Hall–Kier alpha value is -3.39. The maximum atomic E-state index is 9.77. The fraction of sp³-hybridized carbons (Fsp3) is 0.0833. The number of aryl methyl sites for hydroxylation is 1. The topological polar surface area (TPSA) is 131 Å². The number of nitrogens with zero attached hydrogens (tertiary/aromatic N) is 5. The van der Waals surface area contributed by atoms with Crippen molar-refractivity contribution >= 4 is 11.4 Å². The van der Waals surface area contributed by atoms with Gasteiger partial charge in [0.2, 0.25) is 11.6 Å². The van der Waals surface area contributed by atoms with Crippen LogP contribution in [0.5, 0.6) is 5.75 Å². The van der Waals surface area contributed by atoms with Gasteiger partial charge in [-0.25, -0.2) is 0 Å². The van der Waals surface area contributed by atoms with Crippen LogP contribution in [0.4, 0.5) is 5.69 Å². The van der Waals surface area contributed by atoms with Crippen molar-refractivity contribution in [2.24, 2.45) is 5.10 Å². The Morgan fingerprint density at radius 1 is 1.35 bits per heavy atom. The smallest absolute Gasteiger partial charge is 0.251 e. The first-order chi connectivity index (χ1) is 9.63. The zero-order valence-electron chi connectivity index (χ0n) is 10.3. The van der Waals surface area contributed by atoms with Crippen LogP contribution >= 0.6 is 0 Å². The molecule has 0 atom stereocenters. The van der Waals surface area contributed by atoms with E-state index >= 15 is 0 Å². The molecule has 0 aliphatic rings. The van der Waals surface area contributed by atoms with Gasteiger partial charge in [0, 0.05) is 6.92 Å². The third-order valence-corrected chi connectivity index (χ3v) is 2.26. The molecule has 0 spiro atoms. The SMILES string of the molecule is Cc1nnc(-c2cc(NN=C(C#N)C#N)ccc2O)o1. The number of phenols is 1. The number of aromatic nitrogens is 2. The molecular formula is C12H8N6O2. The van der Waals surface area contributed by atoms with Gasteiger partial charge in [-0.1, -0.05) is 0 Å². The van der Waals surface area contributed by atoms with Gasteiger partial charge in [-0.15, -0.1) is 10.2 Å². The third-order valence-electron chi connectivity index (χ3n) is 2.26. The van der Waals surface area contributed by atoms with Crippen LogP contribution in [0.1, 0.15) is 5.89 Å². The van der Waals surface area contributed by atoms with E-state index in [9.17, 15) is 5.11 Å². The zero-order valence-corrected chi connectivity index (χ0v) is 10.3. The molecule has 0 fully saturated rings. The average molecular weight is 268 g/mol. The molecule has 0 aliphatic carbocycles. The second-order valence-corrected chi connectivity index (χ2v) is 3.65. The average Bonchev–Trinajstić information content (AvgIpc) is 2.88. The molecule has 20 heavy (non-hydrogen) atoms. The molecule has 0 saturated heterocycles. The van der Waals surface area contributed by atoms with Gasteiger partial charge in [0.1, 0.15) is 17.9 Å². The van der Waals surface area contributed by atoms with Crippen LogP contribution in [0.15, 0.2) is 27.7 Å². The minimum Gasteiger partial charge on any atom is -0.507 e. The van der Waals surface area contributed by atoms with Crippen molar-refractivity contribution in [3.63, 3.8) is 0 Å². The summed E-state index contributed by atoms with van der Waals surface area (Å²) in [6.07, 6.45) is 0. The first-order valence-corrected chi connectivity index (χ1v) is 5.41. The summed E-state index contributed by atoms with van der Waals surface area (Å²) >= 11 is 0. The van der Waals surface area contributed by atoms with E-state index in [4.69, 9.17) is 14.9 Å². The summed E-state index contributed by atoms with van der Waals surface area (Å²) in [6.45, 7) is 1.63. The Morgan fingerprint density at radius 3 is 2.70 bits per heavy atom. The number of phenolic OH excluding ortho intramolecular Hbond substituents is 1. The monoisotopic (exact) mass is 268 g/mol. The first-order valence-electron chi connectivity index (χ1n) is 5.41. The number of anilines is 1. The van der Waals surface area contributed by atoms with Gasteiger partial charge < -0.3 is 9.52 Å². The maximum Gasteiger partial charge on any atom is 0.251 e. The number of hydrogen-bond acceptors (Lipinski definition) is 8. The predicted octanol–water partition coefficient (Wildman–Crippen LogP) is 1.57. The van der Waals surface area contributed by atoms with Crippen LogP contribution in [0.3, 0.4) is 0 Å². The van der Waals surface area contributed by atoms with Crippen molar-refractivity contribution < 1.29 is 9.52 Å². The lowest BCUT2D eigenvalue weighted by molar-refractivity contribution is 0.471. The second-order valence-electron chi connectivity index (χ2n) is 3.65. The third kappa shape index (κ3) is 2.71. The molecule has 0 saturated carbocycles. The number of hydrogen-bond donors (Lipinski definition) is 2. The van der Waals surface area contributed by atoms with Gasteiger partial charge in [0.25, 0.3) is 5.89 Å². The number of hydrazone groups is 1. The largest absolute Gasteiger partial charge is 0.507 e. The molecule has 0 aliphatic heterocycles. The van der Waals surface area contributed by atoms with Crippen LogP contribution in [0.25, 0.3) is 11.5 Å². The van der Waals surface area contributed by atoms with Crippen LogP contribution < -0.4 is 5.43 Å². The molecule has 2 aromatic rings. The van der Waals surface area contributed by atoms with Crippen molar-refractivity contribution in [1.29, 1.82) is 10.5 Å². The van der Waals surface area contributed by atoms with Crippen LogP contribution in [0, 0.1) is 29.6 Å². The lowest BCUT2D eigenvalue weighted by atomic mass is 10.2. The lowest BCUT2D eigenvalue weighted by Gasteiger charge is -2.04. The van der Waals surface area contributed by atoms with Crippen molar-refractivity contribution in [1.82, 2.24) is 10.2 Å². The van der Waals surface area contributed by atoms with E-state index in [1.54, 1.807) is 19.1 Å². The fourth-order valence-electron chi connectivity index (χ4n) is 1.38. The van der Waals surface area contributed by atoms with E-state index in [-0.39, 0.29) is 17.4 Å². The predicted molar refractivity (Wildman–Crippen MR) is 68.4 cm³/mol. The van der Waals surface area contributed by atoms with E-state index in [1.165, 1.54) is 18.2 Å². The Labute approximate surface area is 113 Å². The lowest BCUT2D eigenvalue weighted by Crippen LogP contribution is -1.96. The highest BCUT2D eigenvalue weighted by atomic mass is 16.4. The van der Waals surface area contributed by atoms with Gasteiger partial charge in [-0.05, 0) is 18.2 Å². The molecule has 1 aromatic carbocycles. The molecule has 2 rings (SSSR count). The van der Waals surface area contributed by atoms with Crippen LogP contribution in [-0.4, -0.2) is 21.0 Å². The van der Waals surface area contributed by atoms with Gasteiger partial charge in [0.05, 0.1) is 11.3 Å². The van der Waals surface area contributed by atoms with E-state index in [1.807, 2.05) is 0 Å². The number of rotatable bonds is 3. The standard InChI is InChI=1S/C12H8N6O2/c1-7-15-18-12(20-7)10-4-8(2-3-11(10)19)16-17-9(5-13)6-14/h2-4,16,19H,1H3. The zero-order chi connectivity index (χ0) is 14.5. The van der Waals surface area contributed by atoms with E-state index < -0.39 is 0 Å². The maximum absolute atomic E-state index is 9.77. The molecule has 0 amide bonds. The summed E-state index contributed by atoms with van der Waals surface area (Å²) in [6, 6.07) is 7.68. The van der Waals surface area contributed by atoms with Gasteiger partial charge >= 0.3 is 0 Å². The number of benzene rings is 1. The van der Waals surface area contributed by atoms with Crippen molar-refractivity contribution in [2.45, 2.75) is 6.92 Å². The van der Waals surface area contributed by atoms with Gasteiger partial charge in [-0.3, -0.25) is 5.43 Å². The summed E-state index contributed by atoms with van der Waals surface area (Å²) in [5.41, 5.74) is 3.00. The summed E-state index contributed by atoms with van der Waals surface area (Å²) in [5.74, 6) is 0.490. The highest BCUT2D eigenvalue weighted by Gasteiger charge is 2.12. The molecular weight excluding hydrogens is 260 g/mol. The molecule has 0 bridgehead atoms. The van der Waals surface area contributed by atoms with E-state index in [0.29, 0.717) is 17.1 Å². The molecule has 98 valence electrons. The van der Waals surface area contributed by atoms with Gasteiger partial charge in [0.15, 0.2) is 0 Å².